The molecule has 0 spiro atoms. The first-order valence-electron chi connectivity index (χ1n) is 5.91. The van der Waals surface area contributed by atoms with Gasteiger partial charge in [0, 0.05) is 11.8 Å². The molecule has 18 heavy (non-hydrogen) atoms. The van der Waals surface area contributed by atoms with Gasteiger partial charge in [-0.15, -0.1) is 11.8 Å². The van der Waals surface area contributed by atoms with E-state index in [1.54, 1.807) is 18.7 Å². The first-order chi connectivity index (χ1) is 8.58. The summed E-state index contributed by atoms with van der Waals surface area (Å²) in [5, 5.41) is 6.47. The summed E-state index contributed by atoms with van der Waals surface area (Å²) in [4.78, 5) is 23.4. The second kappa shape index (κ2) is 5.56. The molecule has 0 bridgehead atoms. The number of hydrogen-bond acceptors (Lipinski definition) is 5. The second-order valence-corrected chi connectivity index (χ2v) is 5.78. The third-order valence-electron chi connectivity index (χ3n) is 2.97. The Morgan fingerprint density at radius 1 is 1.67 bits per heavy atom. The van der Waals surface area contributed by atoms with Crippen molar-refractivity contribution in [2.45, 2.75) is 32.1 Å². The Kier molecular flexibility index (Phi) is 4.06. The molecule has 1 aromatic heterocycles. The molecule has 5 nitrogen and oxygen atoms in total. The predicted octanol–water partition coefficient (Wildman–Crippen LogP) is 1.26. The molecule has 0 aromatic carbocycles. The third kappa shape index (κ3) is 2.93. The average Bonchev–Trinajstić information content (AvgIpc) is 2.74. The van der Waals surface area contributed by atoms with Gasteiger partial charge in [0.15, 0.2) is 0 Å². The number of H-pyrrole nitrogens is 1. The topological polar surface area (TPSA) is 72.1 Å². The van der Waals surface area contributed by atoms with Crippen LogP contribution in [0.25, 0.3) is 0 Å². The molecule has 1 aliphatic heterocycles. The van der Waals surface area contributed by atoms with Crippen molar-refractivity contribution in [3.05, 3.63) is 27.7 Å². The Hall–Kier alpha value is -1.30. The summed E-state index contributed by atoms with van der Waals surface area (Å²) in [6.45, 7) is 3.74. The molecular weight excluding hydrogens is 252 g/mol. The van der Waals surface area contributed by atoms with Crippen molar-refractivity contribution in [1.82, 2.24) is 10.2 Å². The van der Waals surface area contributed by atoms with Crippen LogP contribution in [0.2, 0.25) is 0 Å². The Morgan fingerprint density at radius 2 is 2.44 bits per heavy atom. The highest BCUT2D eigenvalue weighted by molar-refractivity contribution is 8.00. The summed E-state index contributed by atoms with van der Waals surface area (Å²) in [5.74, 6) is 1.09. The number of nitrogens with zero attached hydrogens (tertiary/aromatic N) is 1. The van der Waals surface area contributed by atoms with Crippen LogP contribution in [0.5, 0.6) is 0 Å². The molecular formula is C12H16N2O3S. The Labute approximate surface area is 109 Å². The summed E-state index contributed by atoms with van der Waals surface area (Å²) in [7, 11) is 0. The number of carbonyl (C=O) groups is 1. The van der Waals surface area contributed by atoms with Crippen LogP contribution < -0.4 is 5.43 Å². The summed E-state index contributed by atoms with van der Waals surface area (Å²) >= 11 is 1.62. The van der Waals surface area contributed by atoms with E-state index in [0.29, 0.717) is 11.6 Å². The standard InChI is InChI=1S/C12H16N2O3S/c1-7-3-4-18-11(7)12(16)17-6-9-10(15)5-8(2)13-14-9/h5,7,11H,3-4,6H2,1-2H3,(H,13,15). The van der Waals surface area contributed by atoms with Gasteiger partial charge < -0.3 is 4.74 Å². The minimum atomic E-state index is -0.244. The van der Waals surface area contributed by atoms with Gasteiger partial charge in [-0.05, 0) is 25.0 Å². The normalized spacial score (nSPS) is 23.0. The molecule has 1 fully saturated rings. The van der Waals surface area contributed by atoms with Crippen LogP contribution in [-0.2, 0) is 16.1 Å². The monoisotopic (exact) mass is 268 g/mol. The highest BCUT2D eigenvalue weighted by Gasteiger charge is 2.31. The zero-order chi connectivity index (χ0) is 13.1. The van der Waals surface area contributed by atoms with E-state index < -0.39 is 0 Å². The lowest BCUT2D eigenvalue weighted by atomic mass is 10.1. The summed E-state index contributed by atoms with van der Waals surface area (Å²) in [6.07, 6.45) is 1.04. The molecule has 6 heteroatoms. The van der Waals surface area contributed by atoms with Gasteiger partial charge in [-0.25, -0.2) is 0 Å². The van der Waals surface area contributed by atoms with Crippen molar-refractivity contribution in [2.75, 3.05) is 5.75 Å². The quantitative estimate of drug-likeness (QED) is 0.836. The minimum Gasteiger partial charge on any atom is -0.458 e. The van der Waals surface area contributed by atoms with Gasteiger partial charge in [-0.2, -0.15) is 5.10 Å². The lowest BCUT2D eigenvalue weighted by Gasteiger charge is -2.12. The predicted molar refractivity (Wildman–Crippen MR) is 69.4 cm³/mol. The fourth-order valence-corrected chi connectivity index (χ4v) is 3.28. The van der Waals surface area contributed by atoms with Crippen molar-refractivity contribution in [3.63, 3.8) is 0 Å². The molecule has 1 aromatic rings. The molecule has 0 amide bonds. The van der Waals surface area contributed by atoms with Crippen molar-refractivity contribution < 1.29 is 9.53 Å². The third-order valence-corrected chi connectivity index (χ3v) is 4.46. The number of nitrogens with one attached hydrogen (secondary N) is 1. The van der Waals surface area contributed by atoms with Crippen LogP contribution in [-0.4, -0.2) is 27.2 Å². The fourth-order valence-electron chi connectivity index (χ4n) is 1.84. The first kappa shape index (κ1) is 13.1. The summed E-state index contributed by atoms with van der Waals surface area (Å²) in [6, 6.07) is 1.45. The number of ether oxygens (including phenoxy) is 1. The maximum Gasteiger partial charge on any atom is 0.319 e. The van der Waals surface area contributed by atoms with E-state index in [0.717, 1.165) is 12.2 Å². The van der Waals surface area contributed by atoms with Crippen LogP contribution in [0.4, 0.5) is 0 Å². The zero-order valence-corrected chi connectivity index (χ0v) is 11.3. The second-order valence-electron chi connectivity index (χ2n) is 4.53. The Morgan fingerprint density at radius 3 is 3.06 bits per heavy atom. The van der Waals surface area contributed by atoms with E-state index >= 15 is 0 Å². The van der Waals surface area contributed by atoms with Crippen molar-refractivity contribution in [1.29, 1.82) is 0 Å². The molecule has 98 valence electrons. The van der Waals surface area contributed by atoms with Gasteiger partial charge in [-0.1, -0.05) is 6.92 Å². The largest absolute Gasteiger partial charge is 0.458 e. The number of esters is 1. The Balaban J connectivity index is 1.95. The van der Waals surface area contributed by atoms with Crippen LogP contribution >= 0.6 is 11.8 Å². The number of thioether (sulfide) groups is 1. The number of carbonyl (C=O) groups excluding carboxylic acids is 1. The van der Waals surface area contributed by atoms with E-state index in [4.69, 9.17) is 4.74 Å². The first-order valence-corrected chi connectivity index (χ1v) is 6.96. The van der Waals surface area contributed by atoms with Gasteiger partial charge in [0.05, 0.1) is 0 Å². The van der Waals surface area contributed by atoms with Gasteiger partial charge in [0.1, 0.15) is 17.6 Å². The SMILES string of the molecule is Cc1cc(=O)c(COC(=O)C2SCCC2C)n[nH]1. The van der Waals surface area contributed by atoms with Crippen LogP contribution in [0.3, 0.4) is 0 Å². The van der Waals surface area contributed by atoms with E-state index in [1.807, 2.05) is 6.92 Å². The van der Waals surface area contributed by atoms with E-state index in [-0.39, 0.29) is 28.9 Å². The van der Waals surface area contributed by atoms with Crippen molar-refractivity contribution in [3.8, 4) is 0 Å². The van der Waals surface area contributed by atoms with Crippen molar-refractivity contribution in [2.24, 2.45) is 5.92 Å². The highest BCUT2D eigenvalue weighted by Crippen LogP contribution is 2.32. The molecule has 1 N–H and O–H groups in total. The lowest BCUT2D eigenvalue weighted by Crippen LogP contribution is -2.25. The average molecular weight is 268 g/mol. The fraction of sp³-hybridized carbons (Fsp3) is 0.583. The number of hydrogen-bond donors (Lipinski definition) is 1. The van der Waals surface area contributed by atoms with Gasteiger partial charge >= 0.3 is 5.97 Å². The van der Waals surface area contributed by atoms with Crippen molar-refractivity contribution >= 4 is 17.7 Å². The molecule has 1 aliphatic rings. The van der Waals surface area contributed by atoms with E-state index in [1.165, 1.54) is 6.07 Å². The number of aryl methyl sites for hydroxylation is 1. The molecule has 2 unspecified atom stereocenters. The highest BCUT2D eigenvalue weighted by atomic mass is 32.2. The number of aromatic nitrogens is 2. The van der Waals surface area contributed by atoms with E-state index in [9.17, 15) is 9.59 Å². The molecule has 0 aliphatic carbocycles. The zero-order valence-electron chi connectivity index (χ0n) is 10.4. The minimum absolute atomic E-state index is 0.0573. The molecule has 2 atom stereocenters. The molecule has 2 heterocycles. The lowest BCUT2D eigenvalue weighted by molar-refractivity contribution is -0.145. The Bertz CT molecular complexity index is 500. The maximum absolute atomic E-state index is 11.8. The molecule has 0 saturated carbocycles. The molecule has 1 saturated heterocycles. The molecule has 2 rings (SSSR count). The van der Waals surface area contributed by atoms with Crippen LogP contribution in [0.15, 0.2) is 10.9 Å². The van der Waals surface area contributed by atoms with Crippen LogP contribution in [0, 0.1) is 12.8 Å². The summed E-state index contributed by atoms with van der Waals surface area (Å²) < 4.78 is 5.16. The van der Waals surface area contributed by atoms with Gasteiger partial charge in [0.2, 0.25) is 5.43 Å². The smallest absolute Gasteiger partial charge is 0.319 e. The summed E-state index contributed by atoms with van der Waals surface area (Å²) in [5.41, 5.74) is 0.728. The molecule has 0 radical (unpaired) electrons. The maximum atomic E-state index is 11.8. The van der Waals surface area contributed by atoms with E-state index in [2.05, 4.69) is 10.2 Å². The van der Waals surface area contributed by atoms with Crippen LogP contribution in [0.1, 0.15) is 24.7 Å². The number of aromatic amines is 1. The number of rotatable bonds is 3. The van der Waals surface area contributed by atoms with Gasteiger partial charge in [-0.3, -0.25) is 14.7 Å². The van der Waals surface area contributed by atoms with Gasteiger partial charge in [0.25, 0.3) is 0 Å².